The first kappa shape index (κ1) is 19.2. The van der Waals surface area contributed by atoms with E-state index in [4.69, 9.17) is 10.4 Å². The monoisotopic (exact) mass is 435 g/mol. The molecule has 0 saturated carbocycles. The Hall–Kier alpha value is -4.46. The molecule has 3 heterocycles. The van der Waals surface area contributed by atoms with Gasteiger partial charge in [-0.3, -0.25) is 15.6 Å². The predicted octanol–water partition coefficient (Wildman–Crippen LogP) is 3.79. The van der Waals surface area contributed by atoms with Crippen LogP contribution in [0.4, 0.5) is 17.1 Å². The van der Waals surface area contributed by atoms with E-state index in [1.807, 2.05) is 85.8 Å². The van der Waals surface area contributed by atoms with Crippen molar-refractivity contribution >= 4 is 40.4 Å². The third kappa shape index (κ3) is 2.77. The number of hydrazone groups is 1. The summed E-state index contributed by atoms with van der Waals surface area (Å²) in [7, 11) is 0. The number of hydrogen-bond donors (Lipinski definition) is 3. The summed E-state index contributed by atoms with van der Waals surface area (Å²) in [5.41, 5.74) is 6.12. The third-order valence-electron chi connectivity index (χ3n) is 6.07. The summed E-state index contributed by atoms with van der Waals surface area (Å²) in [6, 6.07) is 25.0. The van der Waals surface area contributed by atoms with Crippen molar-refractivity contribution in [3.63, 3.8) is 0 Å². The molecule has 3 aliphatic rings. The van der Waals surface area contributed by atoms with E-state index >= 15 is 0 Å². The fourth-order valence-corrected chi connectivity index (χ4v) is 4.48. The highest BCUT2D eigenvalue weighted by Crippen LogP contribution is 2.40. The first-order valence-electron chi connectivity index (χ1n) is 10.7. The maximum absolute atomic E-state index is 14.0. The normalized spacial score (nSPS) is 21.1. The number of anilines is 2. The molecule has 6 rings (SSSR count). The van der Waals surface area contributed by atoms with Crippen LogP contribution in [-0.2, 0) is 4.79 Å². The Bertz CT molecular complexity index is 1350. The van der Waals surface area contributed by atoms with Crippen LogP contribution in [0.25, 0.3) is 0 Å². The zero-order valence-electron chi connectivity index (χ0n) is 17.9. The van der Waals surface area contributed by atoms with Gasteiger partial charge in [-0.1, -0.05) is 60.2 Å². The van der Waals surface area contributed by atoms with E-state index in [0.717, 1.165) is 16.8 Å². The summed E-state index contributed by atoms with van der Waals surface area (Å²) in [5.74, 6) is 0.603. The zero-order chi connectivity index (χ0) is 22.6. The molecule has 0 radical (unpaired) electrons. The number of nitrogens with one attached hydrogen (secondary N) is 3. The number of rotatable bonds is 2. The molecule has 1 amide bonds. The van der Waals surface area contributed by atoms with Gasteiger partial charge in [0.25, 0.3) is 11.6 Å². The number of benzene rings is 3. The fourth-order valence-electron chi connectivity index (χ4n) is 4.48. The van der Waals surface area contributed by atoms with Gasteiger partial charge < -0.3 is 5.32 Å². The summed E-state index contributed by atoms with van der Waals surface area (Å²) in [4.78, 5) is 19.0. The number of aliphatic imine (C=N–C) groups is 1. The van der Waals surface area contributed by atoms with E-state index in [1.165, 1.54) is 0 Å². The lowest BCUT2D eigenvalue weighted by Crippen LogP contribution is -2.69. The lowest BCUT2D eigenvalue weighted by Gasteiger charge is -2.41. The second kappa shape index (κ2) is 7.03. The van der Waals surface area contributed by atoms with Crippen molar-refractivity contribution < 1.29 is 4.79 Å². The van der Waals surface area contributed by atoms with Crippen LogP contribution in [0.3, 0.4) is 0 Å². The number of nitrogens with zero attached hydrogens (tertiary/aromatic N) is 4. The summed E-state index contributed by atoms with van der Waals surface area (Å²) in [6.07, 6.45) is 0.297. The van der Waals surface area contributed by atoms with Crippen molar-refractivity contribution in [1.29, 1.82) is 5.41 Å². The minimum atomic E-state index is -1.47. The Kier molecular flexibility index (Phi) is 4.10. The summed E-state index contributed by atoms with van der Waals surface area (Å²) in [6.45, 7) is 2.01. The topological polar surface area (TPSA) is 96.2 Å². The molecule has 3 aromatic carbocycles. The van der Waals surface area contributed by atoms with Gasteiger partial charge in [0.05, 0.1) is 23.5 Å². The minimum Gasteiger partial charge on any atom is -0.320 e. The average molecular weight is 435 g/mol. The molecule has 0 aromatic heterocycles. The van der Waals surface area contributed by atoms with Crippen molar-refractivity contribution in [2.24, 2.45) is 10.1 Å². The van der Waals surface area contributed by atoms with Crippen molar-refractivity contribution in [2.45, 2.75) is 19.0 Å². The van der Waals surface area contributed by atoms with E-state index in [9.17, 15) is 4.79 Å². The predicted molar refractivity (Wildman–Crippen MR) is 129 cm³/mol. The van der Waals surface area contributed by atoms with E-state index in [0.29, 0.717) is 35.2 Å². The number of carbonyl (C=O) groups is 1. The first-order valence-corrected chi connectivity index (χ1v) is 10.7. The smallest absolute Gasteiger partial charge is 0.281 e. The minimum absolute atomic E-state index is 0.297. The highest BCUT2D eigenvalue weighted by atomic mass is 16.2. The average Bonchev–Trinajstić information content (AvgIpc) is 3.31. The molecule has 0 aliphatic carbocycles. The van der Waals surface area contributed by atoms with Gasteiger partial charge in [-0.15, -0.1) is 0 Å². The largest absolute Gasteiger partial charge is 0.320 e. The summed E-state index contributed by atoms with van der Waals surface area (Å²) < 4.78 is 0. The number of fused-ring (bicyclic) bond motifs is 3. The summed E-state index contributed by atoms with van der Waals surface area (Å²) in [5, 5.41) is 19.8. The molecule has 1 unspecified atom stereocenters. The maximum Gasteiger partial charge on any atom is 0.281 e. The maximum atomic E-state index is 14.0. The fraction of sp³-hybridized carbons (Fsp3) is 0.120. The van der Waals surface area contributed by atoms with Crippen LogP contribution < -0.4 is 15.8 Å². The number of hydrazine groups is 1. The molecule has 3 aromatic rings. The van der Waals surface area contributed by atoms with Gasteiger partial charge >= 0.3 is 0 Å². The SMILES string of the molecule is Cc1ccc(N2C(=N)CC3=NNC4(C(=O)Nc5ccccc5N=C4c4ccccc4)N32)cc1. The Morgan fingerprint density at radius 3 is 2.48 bits per heavy atom. The van der Waals surface area contributed by atoms with E-state index < -0.39 is 5.66 Å². The second-order valence-electron chi connectivity index (χ2n) is 8.23. The van der Waals surface area contributed by atoms with Crippen LogP contribution >= 0.6 is 0 Å². The number of aryl methyl sites for hydroxylation is 1. The van der Waals surface area contributed by atoms with E-state index in [2.05, 4.69) is 15.8 Å². The van der Waals surface area contributed by atoms with E-state index in [-0.39, 0.29) is 5.91 Å². The van der Waals surface area contributed by atoms with E-state index in [1.54, 1.807) is 10.0 Å². The molecule has 3 aliphatic heterocycles. The number of amidine groups is 2. The molecule has 33 heavy (non-hydrogen) atoms. The molecular formula is C25H21N7O. The van der Waals surface area contributed by atoms with Gasteiger partial charge in [0, 0.05) is 5.56 Å². The van der Waals surface area contributed by atoms with Crippen molar-refractivity contribution in [2.75, 3.05) is 10.3 Å². The van der Waals surface area contributed by atoms with Crippen LogP contribution in [0.1, 0.15) is 17.5 Å². The molecular weight excluding hydrogens is 414 g/mol. The molecule has 8 nitrogen and oxygen atoms in total. The van der Waals surface area contributed by atoms with Gasteiger partial charge in [0.1, 0.15) is 11.5 Å². The Morgan fingerprint density at radius 2 is 1.70 bits per heavy atom. The van der Waals surface area contributed by atoms with Crippen LogP contribution in [0.2, 0.25) is 0 Å². The number of amides is 1. The highest BCUT2D eigenvalue weighted by molar-refractivity contribution is 6.30. The van der Waals surface area contributed by atoms with Crippen LogP contribution in [-0.4, -0.2) is 34.0 Å². The number of para-hydroxylation sites is 2. The molecule has 3 N–H and O–H groups in total. The quantitative estimate of drug-likeness (QED) is 0.571. The zero-order valence-corrected chi connectivity index (χ0v) is 17.9. The summed E-state index contributed by atoms with van der Waals surface area (Å²) >= 11 is 0. The molecule has 0 bridgehead atoms. The second-order valence-corrected chi connectivity index (χ2v) is 8.23. The van der Waals surface area contributed by atoms with Gasteiger partial charge in [0.15, 0.2) is 5.84 Å². The van der Waals surface area contributed by atoms with Crippen LogP contribution in [0, 0.1) is 12.3 Å². The van der Waals surface area contributed by atoms with Gasteiger partial charge in [-0.25, -0.2) is 15.0 Å². The molecule has 1 fully saturated rings. The highest BCUT2D eigenvalue weighted by Gasteiger charge is 2.60. The Morgan fingerprint density at radius 1 is 0.970 bits per heavy atom. The lowest BCUT2D eigenvalue weighted by atomic mass is 9.95. The van der Waals surface area contributed by atoms with Gasteiger partial charge in [-0.05, 0) is 31.2 Å². The Balaban J connectivity index is 1.59. The molecule has 8 heteroatoms. The van der Waals surface area contributed by atoms with Crippen molar-refractivity contribution in [1.82, 2.24) is 10.4 Å². The lowest BCUT2D eigenvalue weighted by molar-refractivity contribution is -0.123. The van der Waals surface area contributed by atoms with Crippen molar-refractivity contribution in [3.05, 3.63) is 90.0 Å². The van der Waals surface area contributed by atoms with Gasteiger partial charge in [0.2, 0.25) is 0 Å². The standard InChI is InChI=1S/C25H21N7O/c1-16-11-13-18(14-12-16)31-21(26)15-22-29-30-25(32(22)31)23(17-7-3-2-4-8-17)27-19-9-5-6-10-20(19)28-24(25)33/h2-14,26,30H,15H2,1H3,(H,28,33). The molecule has 1 atom stereocenters. The number of hydrogen-bond acceptors (Lipinski definition) is 6. The van der Waals surface area contributed by atoms with Crippen LogP contribution in [0.5, 0.6) is 0 Å². The van der Waals surface area contributed by atoms with Crippen LogP contribution in [0.15, 0.2) is 89.0 Å². The first-order chi connectivity index (χ1) is 16.1. The molecule has 1 spiro atoms. The molecule has 1 saturated heterocycles. The third-order valence-corrected chi connectivity index (χ3v) is 6.07. The Labute approximate surface area is 190 Å². The van der Waals surface area contributed by atoms with Crippen molar-refractivity contribution in [3.8, 4) is 0 Å². The van der Waals surface area contributed by atoms with Gasteiger partial charge in [-0.2, -0.15) is 5.10 Å². The number of carbonyl (C=O) groups excluding carboxylic acids is 1. The molecule has 162 valence electrons.